The van der Waals surface area contributed by atoms with Crippen molar-refractivity contribution in [3.63, 3.8) is 0 Å². The van der Waals surface area contributed by atoms with Crippen molar-refractivity contribution in [3.05, 3.63) is 24.3 Å². The number of likely N-dealkylation sites (tertiary alicyclic amines) is 1. The molecule has 0 radical (unpaired) electrons. The number of anilines is 1. The number of nitrogens with one attached hydrogen (secondary N) is 2. The molecule has 214 valence electrons. The van der Waals surface area contributed by atoms with Gasteiger partial charge in [0.15, 0.2) is 0 Å². The zero-order valence-electron chi connectivity index (χ0n) is 22.8. The molecule has 2 bridgehead atoms. The standard InChI is InChI=1S/C28H40N4O7/c1-3-38-20-7-5-19(6-8-20)30-24(34)21-22-26(36)32(12-4-16-33)23(28(22)10-9-27(21,2)39-28)25(35)29-11-13-31-14-17-37-18-15-31/h5-8,21-23,33H,3-4,9-18H2,1-2H3,(H,29,35)(H,30,34)/t21-,22-,23?,27+,28?/m0/s1. The number of carbonyl (C=O) groups excluding carboxylic acids is 3. The minimum absolute atomic E-state index is 0.104. The van der Waals surface area contributed by atoms with Crippen LogP contribution in [0.3, 0.4) is 0 Å². The Labute approximate surface area is 229 Å². The van der Waals surface area contributed by atoms with Crippen LogP contribution in [0.4, 0.5) is 5.69 Å². The smallest absolute Gasteiger partial charge is 0.245 e. The number of morpholine rings is 1. The molecule has 4 aliphatic heterocycles. The molecule has 4 fully saturated rings. The first-order chi connectivity index (χ1) is 18.8. The Morgan fingerprint density at radius 2 is 1.87 bits per heavy atom. The Kier molecular flexibility index (Phi) is 8.14. The summed E-state index contributed by atoms with van der Waals surface area (Å²) in [6.45, 7) is 8.57. The molecule has 0 aromatic heterocycles. The van der Waals surface area contributed by atoms with E-state index in [1.54, 1.807) is 24.3 Å². The molecule has 1 spiro atoms. The van der Waals surface area contributed by atoms with Gasteiger partial charge in [-0.3, -0.25) is 19.3 Å². The minimum Gasteiger partial charge on any atom is -0.494 e. The van der Waals surface area contributed by atoms with E-state index in [1.165, 1.54) is 4.90 Å². The summed E-state index contributed by atoms with van der Waals surface area (Å²) in [6, 6.07) is 6.26. The predicted octanol–water partition coefficient (Wildman–Crippen LogP) is 0.619. The quantitative estimate of drug-likeness (QED) is 0.370. The number of nitrogens with zero attached hydrogens (tertiary/aromatic N) is 2. The lowest BCUT2D eigenvalue weighted by Gasteiger charge is -2.33. The van der Waals surface area contributed by atoms with E-state index in [4.69, 9.17) is 14.2 Å². The number of ether oxygens (including phenoxy) is 3. The van der Waals surface area contributed by atoms with Crippen molar-refractivity contribution in [2.45, 2.75) is 50.4 Å². The largest absolute Gasteiger partial charge is 0.494 e. The van der Waals surface area contributed by atoms with Crippen molar-refractivity contribution in [1.82, 2.24) is 15.1 Å². The van der Waals surface area contributed by atoms with Crippen LogP contribution in [-0.4, -0.2) is 109 Å². The fourth-order valence-electron chi connectivity index (χ4n) is 6.89. The molecular weight excluding hydrogens is 504 g/mol. The highest BCUT2D eigenvalue weighted by Gasteiger charge is 2.77. The van der Waals surface area contributed by atoms with Crippen LogP contribution in [0, 0.1) is 11.8 Å². The first-order valence-electron chi connectivity index (χ1n) is 14.1. The average Bonchev–Trinajstić information content (AvgIpc) is 3.49. The Hall–Kier alpha value is -2.73. The molecule has 4 heterocycles. The summed E-state index contributed by atoms with van der Waals surface area (Å²) in [7, 11) is 0. The van der Waals surface area contributed by atoms with Crippen molar-refractivity contribution >= 4 is 23.4 Å². The molecule has 1 aromatic rings. The van der Waals surface area contributed by atoms with Crippen LogP contribution in [0.1, 0.15) is 33.1 Å². The fraction of sp³-hybridized carbons (Fsp3) is 0.679. The lowest BCUT2D eigenvalue weighted by Crippen LogP contribution is -2.56. The van der Waals surface area contributed by atoms with Gasteiger partial charge in [0.2, 0.25) is 17.7 Å². The number of hydrogen-bond donors (Lipinski definition) is 3. The summed E-state index contributed by atoms with van der Waals surface area (Å²) in [5.74, 6) is -1.63. The molecule has 0 aliphatic carbocycles. The molecule has 4 aliphatic rings. The van der Waals surface area contributed by atoms with E-state index in [2.05, 4.69) is 15.5 Å². The molecule has 5 atom stereocenters. The van der Waals surface area contributed by atoms with Crippen LogP contribution < -0.4 is 15.4 Å². The highest BCUT2D eigenvalue weighted by atomic mass is 16.5. The van der Waals surface area contributed by atoms with Crippen molar-refractivity contribution in [3.8, 4) is 5.75 Å². The van der Waals surface area contributed by atoms with E-state index in [0.717, 1.165) is 13.1 Å². The molecule has 1 aromatic carbocycles. The molecule has 3 N–H and O–H groups in total. The summed E-state index contributed by atoms with van der Waals surface area (Å²) >= 11 is 0. The van der Waals surface area contributed by atoms with Gasteiger partial charge in [-0.15, -0.1) is 0 Å². The highest BCUT2D eigenvalue weighted by Crippen LogP contribution is 2.63. The third kappa shape index (κ3) is 5.13. The molecule has 0 saturated carbocycles. The van der Waals surface area contributed by atoms with Crippen molar-refractivity contribution < 1.29 is 33.7 Å². The van der Waals surface area contributed by atoms with E-state index in [0.29, 0.717) is 63.6 Å². The van der Waals surface area contributed by atoms with Gasteiger partial charge >= 0.3 is 0 Å². The number of benzene rings is 1. The third-order valence-electron chi connectivity index (χ3n) is 8.63. The van der Waals surface area contributed by atoms with Gasteiger partial charge in [-0.1, -0.05) is 0 Å². The molecule has 2 unspecified atom stereocenters. The van der Waals surface area contributed by atoms with E-state index in [1.807, 2.05) is 13.8 Å². The Morgan fingerprint density at radius 3 is 2.56 bits per heavy atom. The van der Waals surface area contributed by atoms with Gasteiger partial charge in [0.1, 0.15) is 17.4 Å². The van der Waals surface area contributed by atoms with Crippen molar-refractivity contribution in [1.29, 1.82) is 0 Å². The fourth-order valence-corrected chi connectivity index (χ4v) is 6.89. The third-order valence-corrected chi connectivity index (χ3v) is 8.63. The maximum atomic E-state index is 13.9. The number of fused-ring (bicyclic) bond motifs is 1. The van der Waals surface area contributed by atoms with E-state index >= 15 is 0 Å². The highest BCUT2D eigenvalue weighted by molar-refractivity contribution is 6.02. The lowest BCUT2D eigenvalue weighted by molar-refractivity contribution is -0.145. The second-order valence-electron chi connectivity index (χ2n) is 11.0. The monoisotopic (exact) mass is 544 g/mol. The molecule has 39 heavy (non-hydrogen) atoms. The summed E-state index contributed by atoms with van der Waals surface area (Å²) in [5, 5.41) is 15.5. The number of hydrogen-bond acceptors (Lipinski definition) is 8. The van der Waals surface area contributed by atoms with Crippen LogP contribution in [0.2, 0.25) is 0 Å². The molecule has 5 rings (SSSR count). The number of rotatable bonds is 11. The second-order valence-corrected chi connectivity index (χ2v) is 11.0. The topological polar surface area (TPSA) is 130 Å². The molecular formula is C28H40N4O7. The molecule has 11 heteroatoms. The Bertz CT molecular complexity index is 1060. The molecule has 11 nitrogen and oxygen atoms in total. The summed E-state index contributed by atoms with van der Waals surface area (Å²) in [4.78, 5) is 45.1. The van der Waals surface area contributed by atoms with Crippen LogP contribution in [0.15, 0.2) is 24.3 Å². The number of aliphatic hydroxyl groups is 1. The number of amides is 3. The minimum atomic E-state index is -1.08. The van der Waals surface area contributed by atoms with Crippen LogP contribution in [-0.2, 0) is 23.9 Å². The second kappa shape index (κ2) is 11.4. The van der Waals surface area contributed by atoms with Crippen LogP contribution >= 0.6 is 0 Å². The van der Waals surface area contributed by atoms with Gasteiger partial charge in [0, 0.05) is 45.0 Å². The first kappa shape index (κ1) is 27.8. The van der Waals surface area contributed by atoms with Crippen LogP contribution in [0.25, 0.3) is 0 Å². The summed E-state index contributed by atoms with van der Waals surface area (Å²) < 4.78 is 17.5. The zero-order chi connectivity index (χ0) is 27.6. The molecule has 4 saturated heterocycles. The summed E-state index contributed by atoms with van der Waals surface area (Å²) in [5.41, 5.74) is -1.33. The average molecular weight is 545 g/mol. The predicted molar refractivity (Wildman–Crippen MR) is 142 cm³/mol. The van der Waals surface area contributed by atoms with Gasteiger partial charge in [0.05, 0.1) is 37.3 Å². The van der Waals surface area contributed by atoms with Gasteiger partial charge in [-0.2, -0.15) is 0 Å². The summed E-state index contributed by atoms with van der Waals surface area (Å²) in [6.07, 6.45) is 1.43. The number of aliphatic hydroxyl groups excluding tert-OH is 1. The van der Waals surface area contributed by atoms with E-state index < -0.39 is 29.1 Å². The molecule has 3 amide bonds. The van der Waals surface area contributed by atoms with Gasteiger partial charge in [-0.25, -0.2) is 0 Å². The zero-order valence-corrected chi connectivity index (χ0v) is 22.8. The normalized spacial score (nSPS) is 31.8. The van der Waals surface area contributed by atoms with Gasteiger partial charge in [0.25, 0.3) is 0 Å². The SMILES string of the molecule is CCOc1ccc(NC(=O)[C@@H]2[C@H]3C(=O)N(CCCO)C(C(=O)NCCN4CCOCC4)C34CC[C@@]2(C)O4)cc1. The first-order valence-corrected chi connectivity index (χ1v) is 14.1. The van der Waals surface area contributed by atoms with E-state index in [-0.39, 0.29) is 30.9 Å². The van der Waals surface area contributed by atoms with Crippen LogP contribution in [0.5, 0.6) is 5.75 Å². The Balaban J connectivity index is 1.35. The maximum Gasteiger partial charge on any atom is 0.245 e. The van der Waals surface area contributed by atoms with Gasteiger partial charge < -0.3 is 34.9 Å². The maximum absolute atomic E-state index is 13.9. The Morgan fingerprint density at radius 1 is 1.13 bits per heavy atom. The van der Waals surface area contributed by atoms with Crippen molar-refractivity contribution in [2.75, 3.05) is 64.5 Å². The van der Waals surface area contributed by atoms with E-state index in [9.17, 15) is 19.5 Å². The number of carbonyl (C=O) groups is 3. The lowest BCUT2D eigenvalue weighted by atomic mass is 9.66. The van der Waals surface area contributed by atoms with Gasteiger partial charge in [-0.05, 0) is 57.4 Å². The van der Waals surface area contributed by atoms with Crippen molar-refractivity contribution in [2.24, 2.45) is 11.8 Å².